The van der Waals surface area contributed by atoms with Gasteiger partial charge in [0, 0.05) is 0 Å². The first-order valence-corrected chi connectivity index (χ1v) is 7.07. The Kier molecular flexibility index (Phi) is 5.05. The molecule has 0 aromatic rings. The van der Waals surface area contributed by atoms with Crippen LogP contribution in [0, 0.1) is 16.7 Å². The lowest BCUT2D eigenvalue weighted by molar-refractivity contribution is -0.165. The second-order valence-electron chi connectivity index (χ2n) is 7.08. The average Bonchev–Trinajstić information content (AvgIpc) is 2.69. The van der Waals surface area contributed by atoms with Crippen molar-refractivity contribution in [2.45, 2.75) is 54.1 Å². The molecule has 1 fully saturated rings. The number of rotatable bonds is 5. The first kappa shape index (κ1) is 16.8. The van der Waals surface area contributed by atoms with E-state index < -0.39 is 17.7 Å². The van der Waals surface area contributed by atoms with Gasteiger partial charge in [0.1, 0.15) is 13.2 Å². The normalized spacial score (nSPS) is 22.1. The van der Waals surface area contributed by atoms with Crippen molar-refractivity contribution in [1.29, 1.82) is 0 Å². The molecule has 2 unspecified atom stereocenters. The molecule has 1 aliphatic rings. The van der Waals surface area contributed by atoms with Gasteiger partial charge in [-0.1, -0.05) is 34.6 Å². The first-order chi connectivity index (χ1) is 9.06. The topological polar surface area (TPSA) is 61.8 Å². The van der Waals surface area contributed by atoms with Crippen molar-refractivity contribution < 1.29 is 23.8 Å². The maximum Gasteiger partial charge on any atom is 0.508 e. The summed E-state index contributed by atoms with van der Waals surface area (Å²) in [5.41, 5.74) is -0.790. The van der Waals surface area contributed by atoms with Crippen molar-refractivity contribution in [1.82, 2.24) is 0 Å². The highest BCUT2D eigenvalue weighted by molar-refractivity contribution is 5.77. The van der Waals surface area contributed by atoms with Crippen LogP contribution in [-0.2, 0) is 19.0 Å². The number of carbonyl (C=O) groups is 2. The lowest BCUT2D eigenvalue weighted by atomic mass is 9.64. The minimum atomic E-state index is -0.702. The van der Waals surface area contributed by atoms with Crippen molar-refractivity contribution in [3.8, 4) is 0 Å². The predicted molar refractivity (Wildman–Crippen MR) is 74.2 cm³/mol. The second-order valence-corrected chi connectivity index (χ2v) is 7.08. The van der Waals surface area contributed by atoms with Crippen molar-refractivity contribution in [2.24, 2.45) is 16.7 Å². The van der Waals surface area contributed by atoms with Gasteiger partial charge in [0.2, 0.25) is 0 Å². The van der Waals surface area contributed by atoms with Crippen molar-refractivity contribution in [3.63, 3.8) is 0 Å². The third kappa shape index (κ3) is 3.87. The van der Waals surface area contributed by atoms with Crippen LogP contribution in [0.5, 0.6) is 0 Å². The molecule has 0 aromatic carbocycles. The monoisotopic (exact) mass is 286 g/mol. The zero-order chi connectivity index (χ0) is 15.6. The standard InChI is InChI=1S/C15H26O5/c1-10(2)7-15(6,14(3,4)5)12(16)18-8-11-9-19-13(17)20-11/h10-11H,7-9H2,1-6H3. The summed E-state index contributed by atoms with van der Waals surface area (Å²) in [7, 11) is 0. The van der Waals surface area contributed by atoms with E-state index in [0.29, 0.717) is 5.92 Å². The molecule has 1 aliphatic heterocycles. The third-order valence-electron chi connectivity index (χ3n) is 3.97. The van der Waals surface area contributed by atoms with Crippen LogP contribution in [-0.4, -0.2) is 31.4 Å². The minimum absolute atomic E-state index is 0.0499. The molecule has 1 saturated heterocycles. The lowest BCUT2D eigenvalue weighted by Gasteiger charge is -2.40. The van der Waals surface area contributed by atoms with Crippen molar-refractivity contribution in [2.75, 3.05) is 13.2 Å². The van der Waals surface area contributed by atoms with E-state index in [0.717, 1.165) is 6.42 Å². The third-order valence-corrected chi connectivity index (χ3v) is 3.97. The van der Waals surface area contributed by atoms with E-state index >= 15 is 0 Å². The van der Waals surface area contributed by atoms with E-state index in [1.165, 1.54) is 0 Å². The van der Waals surface area contributed by atoms with E-state index in [1.54, 1.807) is 0 Å². The highest BCUT2D eigenvalue weighted by Gasteiger charge is 2.46. The number of ether oxygens (including phenoxy) is 3. The van der Waals surface area contributed by atoms with Crippen LogP contribution in [0.3, 0.4) is 0 Å². The maximum absolute atomic E-state index is 12.5. The number of hydrogen-bond donors (Lipinski definition) is 0. The van der Waals surface area contributed by atoms with Crippen LogP contribution in [0.15, 0.2) is 0 Å². The summed E-state index contributed by atoms with van der Waals surface area (Å²) in [5, 5.41) is 0. The number of cyclic esters (lactones) is 2. The zero-order valence-corrected chi connectivity index (χ0v) is 13.3. The van der Waals surface area contributed by atoms with Gasteiger partial charge in [0.15, 0.2) is 6.10 Å². The molecule has 1 heterocycles. The molecule has 116 valence electrons. The Morgan fingerprint density at radius 1 is 1.35 bits per heavy atom. The summed E-state index contributed by atoms with van der Waals surface area (Å²) in [6, 6.07) is 0. The molecule has 20 heavy (non-hydrogen) atoms. The molecule has 0 saturated carbocycles. The molecule has 5 heteroatoms. The molecule has 1 rings (SSSR count). The highest BCUT2D eigenvalue weighted by Crippen LogP contribution is 2.44. The van der Waals surface area contributed by atoms with E-state index in [-0.39, 0.29) is 24.6 Å². The van der Waals surface area contributed by atoms with Crippen LogP contribution in [0.1, 0.15) is 48.0 Å². The quantitative estimate of drug-likeness (QED) is 0.726. The molecule has 0 aromatic heterocycles. The van der Waals surface area contributed by atoms with Gasteiger partial charge in [-0.05, 0) is 24.7 Å². The minimum Gasteiger partial charge on any atom is -0.461 e. The van der Waals surface area contributed by atoms with E-state index in [1.807, 2.05) is 27.7 Å². The van der Waals surface area contributed by atoms with Gasteiger partial charge in [0.05, 0.1) is 5.41 Å². The fraction of sp³-hybridized carbons (Fsp3) is 0.867. The summed E-state index contributed by atoms with van der Waals surface area (Å²) < 4.78 is 14.9. The lowest BCUT2D eigenvalue weighted by Crippen LogP contribution is -2.43. The van der Waals surface area contributed by atoms with Gasteiger partial charge in [-0.3, -0.25) is 4.79 Å². The number of hydrogen-bond acceptors (Lipinski definition) is 5. The summed E-state index contributed by atoms with van der Waals surface area (Å²) in [5.74, 6) is 0.140. The van der Waals surface area contributed by atoms with Gasteiger partial charge in [0.25, 0.3) is 0 Å². The summed E-state index contributed by atoms with van der Waals surface area (Å²) >= 11 is 0. The Hall–Kier alpha value is -1.26. The maximum atomic E-state index is 12.5. The van der Waals surface area contributed by atoms with E-state index in [2.05, 4.69) is 18.6 Å². The molecular formula is C15H26O5. The van der Waals surface area contributed by atoms with Crippen LogP contribution in [0.2, 0.25) is 0 Å². The fourth-order valence-electron chi connectivity index (χ4n) is 2.29. The Morgan fingerprint density at radius 2 is 1.95 bits per heavy atom. The zero-order valence-electron chi connectivity index (χ0n) is 13.3. The second kappa shape index (κ2) is 6.02. The number of carbonyl (C=O) groups excluding carboxylic acids is 2. The largest absolute Gasteiger partial charge is 0.508 e. The Balaban J connectivity index is 2.67. The molecule has 0 spiro atoms. The van der Waals surface area contributed by atoms with Gasteiger partial charge in [-0.25, -0.2) is 4.79 Å². The van der Waals surface area contributed by atoms with Crippen molar-refractivity contribution in [3.05, 3.63) is 0 Å². The van der Waals surface area contributed by atoms with Crippen LogP contribution >= 0.6 is 0 Å². The SMILES string of the molecule is CC(C)CC(C)(C(=O)OCC1COC(=O)O1)C(C)(C)C. The summed E-state index contributed by atoms with van der Waals surface area (Å²) in [6.45, 7) is 12.4. The Labute approximate surface area is 121 Å². The molecular weight excluding hydrogens is 260 g/mol. The van der Waals surface area contributed by atoms with Gasteiger partial charge in [-0.2, -0.15) is 0 Å². The van der Waals surface area contributed by atoms with Gasteiger partial charge >= 0.3 is 12.1 Å². The van der Waals surface area contributed by atoms with E-state index in [4.69, 9.17) is 9.47 Å². The van der Waals surface area contributed by atoms with Crippen LogP contribution < -0.4 is 0 Å². The Bertz CT molecular complexity index is 369. The first-order valence-electron chi connectivity index (χ1n) is 7.07. The average molecular weight is 286 g/mol. The molecule has 0 bridgehead atoms. The highest BCUT2D eigenvalue weighted by atomic mass is 16.8. The molecule has 2 atom stereocenters. The van der Waals surface area contributed by atoms with Crippen LogP contribution in [0.25, 0.3) is 0 Å². The number of esters is 1. The predicted octanol–water partition coefficient (Wildman–Crippen LogP) is 3.16. The van der Waals surface area contributed by atoms with E-state index in [9.17, 15) is 9.59 Å². The smallest absolute Gasteiger partial charge is 0.461 e. The fourth-order valence-corrected chi connectivity index (χ4v) is 2.29. The van der Waals surface area contributed by atoms with Crippen molar-refractivity contribution >= 4 is 12.1 Å². The molecule has 0 radical (unpaired) electrons. The Morgan fingerprint density at radius 3 is 2.35 bits per heavy atom. The van der Waals surface area contributed by atoms with Gasteiger partial charge in [-0.15, -0.1) is 0 Å². The molecule has 0 amide bonds. The van der Waals surface area contributed by atoms with Crippen LogP contribution in [0.4, 0.5) is 4.79 Å². The molecule has 5 nitrogen and oxygen atoms in total. The molecule has 0 aliphatic carbocycles. The summed E-state index contributed by atoms with van der Waals surface area (Å²) in [6.07, 6.45) is -0.447. The molecule has 0 N–H and O–H groups in total. The summed E-state index contributed by atoms with van der Waals surface area (Å²) in [4.78, 5) is 23.3. The van der Waals surface area contributed by atoms with Gasteiger partial charge < -0.3 is 14.2 Å².